The standard InChI is InChI=1S/C28H30ClN5O4/c1-2-3-8-22-23(9-5-12-29)32-26(31-22)21-10-11-24(30-18-21)33-13-15-34(16-14-33)27(36)20-7-4-6-19(17-20)25(35)28(37)38/h2,4-7,9-11,17-18,25,35H,1,3,8,12-16H2,(H,31,32)(H,37,38). The van der Waals surface area contributed by atoms with E-state index in [0.29, 0.717) is 37.6 Å². The smallest absolute Gasteiger partial charge is 0.337 e. The second kappa shape index (κ2) is 12.5. The number of H-pyrrole nitrogens is 1. The summed E-state index contributed by atoms with van der Waals surface area (Å²) < 4.78 is 0. The molecular weight excluding hydrogens is 506 g/mol. The number of aromatic amines is 1. The number of carbonyl (C=O) groups excluding carboxylic acids is 1. The van der Waals surface area contributed by atoms with E-state index < -0.39 is 12.1 Å². The summed E-state index contributed by atoms with van der Waals surface area (Å²) in [6.07, 6.45) is 7.42. The number of pyridine rings is 1. The lowest BCUT2D eigenvalue weighted by molar-refractivity contribution is -0.146. The first kappa shape index (κ1) is 27.1. The zero-order chi connectivity index (χ0) is 27.1. The number of anilines is 1. The molecule has 0 saturated carbocycles. The van der Waals surface area contributed by atoms with Crippen LogP contribution >= 0.6 is 11.6 Å². The fourth-order valence-electron chi connectivity index (χ4n) is 4.31. The molecule has 1 atom stereocenters. The molecule has 1 fully saturated rings. The van der Waals surface area contributed by atoms with E-state index in [9.17, 15) is 14.7 Å². The van der Waals surface area contributed by atoms with Crippen molar-refractivity contribution in [2.75, 3.05) is 37.0 Å². The Morgan fingerprint density at radius 1 is 1.18 bits per heavy atom. The van der Waals surface area contributed by atoms with Crippen molar-refractivity contribution < 1.29 is 19.8 Å². The van der Waals surface area contributed by atoms with Gasteiger partial charge in [-0.25, -0.2) is 14.8 Å². The van der Waals surface area contributed by atoms with E-state index >= 15 is 0 Å². The van der Waals surface area contributed by atoms with Crippen molar-refractivity contribution >= 4 is 35.4 Å². The molecule has 2 aromatic heterocycles. The zero-order valence-corrected chi connectivity index (χ0v) is 21.6. The minimum Gasteiger partial charge on any atom is -0.479 e. The number of hydrogen-bond donors (Lipinski definition) is 3. The van der Waals surface area contributed by atoms with Crippen molar-refractivity contribution in [3.63, 3.8) is 0 Å². The lowest BCUT2D eigenvalue weighted by Gasteiger charge is -2.35. The molecule has 1 aromatic carbocycles. The van der Waals surface area contributed by atoms with Crippen LogP contribution in [0, 0.1) is 0 Å². The Balaban J connectivity index is 1.40. The van der Waals surface area contributed by atoms with Gasteiger partial charge >= 0.3 is 5.97 Å². The van der Waals surface area contributed by atoms with Crippen molar-refractivity contribution in [1.29, 1.82) is 0 Å². The number of carboxylic acid groups (broad SMARTS) is 1. The van der Waals surface area contributed by atoms with Gasteiger partial charge in [-0.05, 0) is 48.7 Å². The van der Waals surface area contributed by atoms with Crippen LogP contribution in [-0.4, -0.2) is 74.0 Å². The lowest BCUT2D eigenvalue weighted by Crippen LogP contribution is -2.49. The lowest BCUT2D eigenvalue weighted by atomic mass is 10.0. The van der Waals surface area contributed by atoms with Gasteiger partial charge < -0.3 is 25.0 Å². The highest BCUT2D eigenvalue weighted by atomic mass is 35.5. The number of nitrogens with zero attached hydrogens (tertiary/aromatic N) is 4. The SMILES string of the molecule is C=CCCc1[nH]c(-c2ccc(N3CCN(C(=O)c4cccc(C(O)C(=O)O)c4)CC3)nc2)nc1C=CCCl. The summed E-state index contributed by atoms with van der Waals surface area (Å²) in [5.74, 6) is 0.413. The molecule has 198 valence electrons. The third kappa shape index (κ3) is 6.30. The number of aliphatic hydroxyl groups excluding tert-OH is 1. The van der Waals surface area contributed by atoms with E-state index in [0.717, 1.165) is 41.4 Å². The van der Waals surface area contributed by atoms with E-state index in [-0.39, 0.29) is 11.5 Å². The van der Waals surface area contributed by atoms with Crippen LogP contribution in [0.4, 0.5) is 5.82 Å². The van der Waals surface area contributed by atoms with E-state index in [1.807, 2.05) is 30.4 Å². The van der Waals surface area contributed by atoms with Gasteiger partial charge in [0.2, 0.25) is 0 Å². The quantitative estimate of drug-likeness (QED) is 0.265. The number of benzene rings is 1. The molecule has 10 heteroatoms. The Labute approximate surface area is 226 Å². The third-order valence-electron chi connectivity index (χ3n) is 6.37. The number of nitrogens with one attached hydrogen (secondary N) is 1. The second-order valence-corrected chi connectivity index (χ2v) is 9.19. The van der Waals surface area contributed by atoms with E-state index in [2.05, 4.69) is 21.4 Å². The normalized spacial score (nSPS) is 14.6. The van der Waals surface area contributed by atoms with Gasteiger partial charge in [-0.2, -0.15) is 0 Å². The number of amides is 1. The number of alkyl halides is 1. The maximum atomic E-state index is 13.0. The molecule has 1 aliphatic rings. The largest absolute Gasteiger partial charge is 0.479 e. The molecule has 38 heavy (non-hydrogen) atoms. The third-order valence-corrected chi connectivity index (χ3v) is 6.55. The number of aromatic nitrogens is 3. The number of aliphatic hydroxyl groups is 1. The van der Waals surface area contributed by atoms with Crippen LogP contribution in [0.25, 0.3) is 17.5 Å². The molecule has 3 aromatic rings. The highest BCUT2D eigenvalue weighted by Gasteiger charge is 2.24. The highest BCUT2D eigenvalue weighted by Crippen LogP contribution is 2.23. The molecule has 0 radical (unpaired) electrons. The number of aryl methyl sites for hydroxylation is 1. The number of aliphatic carboxylic acids is 1. The van der Waals surface area contributed by atoms with Crippen LogP contribution in [0.15, 0.2) is 61.3 Å². The van der Waals surface area contributed by atoms with E-state index in [1.165, 1.54) is 12.1 Å². The number of piperazine rings is 1. The van der Waals surface area contributed by atoms with Gasteiger partial charge in [0.05, 0.1) is 5.69 Å². The number of rotatable bonds is 10. The maximum absolute atomic E-state index is 13.0. The Morgan fingerprint density at radius 3 is 2.63 bits per heavy atom. The van der Waals surface area contributed by atoms with E-state index in [4.69, 9.17) is 21.7 Å². The van der Waals surface area contributed by atoms with Crippen molar-refractivity contribution in [2.45, 2.75) is 18.9 Å². The number of carbonyl (C=O) groups is 2. The van der Waals surface area contributed by atoms with Gasteiger partial charge in [-0.3, -0.25) is 4.79 Å². The molecule has 3 N–H and O–H groups in total. The van der Waals surface area contributed by atoms with Gasteiger partial charge in [-0.15, -0.1) is 18.2 Å². The van der Waals surface area contributed by atoms with Crippen molar-refractivity contribution in [2.24, 2.45) is 0 Å². The van der Waals surface area contributed by atoms with Crippen LogP contribution in [0.5, 0.6) is 0 Å². The molecule has 1 unspecified atom stereocenters. The fourth-order valence-corrected chi connectivity index (χ4v) is 4.40. The van der Waals surface area contributed by atoms with Crippen LogP contribution < -0.4 is 4.90 Å². The van der Waals surface area contributed by atoms with Crippen LogP contribution in [0.3, 0.4) is 0 Å². The summed E-state index contributed by atoms with van der Waals surface area (Å²) in [6, 6.07) is 10.1. The molecule has 0 spiro atoms. The molecule has 3 heterocycles. The zero-order valence-electron chi connectivity index (χ0n) is 20.9. The molecule has 4 rings (SSSR count). The average Bonchev–Trinajstić information content (AvgIpc) is 3.37. The monoisotopic (exact) mass is 535 g/mol. The average molecular weight is 536 g/mol. The molecule has 1 saturated heterocycles. The van der Waals surface area contributed by atoms with Crippen LogP contribution in [0.1, 0.15) is 39.8 Å². The number of carboxylic acids is 1. The Kier molecular flexibility index (Phi) is 8.93. The van der Waals surface area contributed by atoms with Gasteiger partial charge in [0.1, 0.15) is 11.6 Å². The Morgan fingerprint density at radius 2 is 1.97 bits per heavy atom. The number of imidazole rings is 1. The first-order chi connectivity index (χ1) is 18.4. The van der Waals surface area contributed by atoms with E-state index in [1.54, 1.807) is 23.2 Å². The first-order valence-electron chi connectivity index (χ1n) is 12.3. The van der Waals surface area contributed by atoms with Crippen LogP contribution in [0.2, 0.25) is 0 Å². The fraction of sp³-hybridized carbons (Fsp3) is 0.286. The highest BCUT2D eigenvalue weighted by molar-refractivity contribution is 6.19. The van der Waals surface area contributed by atoms with Gasteiger partial charge in [0.25, 0.3) is 5.91 Å². The number of allylic oxidation sites excluding steroid dienone is 2. The van der Waals surface area contributed by atoms with Gasteiger partial charge in [0.15, 0.2) is 6.10 Å². The molecule has 0 bridgehead atoms. The summed E-state index contributed by atoms with van der Waals surface area (Å²) in [5.41, 5.74) is 3.28. The van der Waals surface area contributed by atoms with Gasteiger partial charge in [0, 0.05) is 55.1 Å². The first-order valence-corrected chi connectivity index (χ1v) is 12.9. The topological polar surface area (TPSA) is 123 Å². The molecule has 1 aliphatic heterocycles. The summed E-state index contributed by atoms with van der Waals surface area (Å²) in [5, 5.41) is 18.8. The summed E-state index contributed by atoms with van der Waals surface area (Å²) in [6.45, 7) is 6.00. The number of hydrogen-bond acceptors (Lipinski definition) is 6. The molecule has 1 amide bonds. The molecule has 0 aliphatic carbocycles. The van der Waals surface area contributed by atoms with Crippen molar-refractivity contribution in [3.05, 3.63) is 83.8 Å². The predicted octanol–water partition coefficient (Wildman–Crippen LogP) is 3.92. The summed E-state index contributed by atoms with van der Waals surface area (Å²) in [4.78, 5) is 40.6. The summed E-state index contributed by atoms with van der Waals surface area (Å²) >= 11 is 5.80. The minimum absolute atomic E-state index is 0.179. The number of halogens is 1. The Bertz CT molecular complexity index is 1310. The maximum Gasteiger partial charge on any atom is 0.337 e. The molecule has 9 nitrogen and oxygen atoms in total. The minimum atomic E-state index is -1.66. The summed E-state index contributed by atoms with van der Waals surface area (Å²) in [7, 11) is 0. The second-order valence-electron chi connectivity index (χ2n) is 8.88. The van der Waals surface area contributed by atoms with Crippen LogP contribution in [-0.2, 0) is 11.2 Å². The van der Waals surface area contributed by atoms with Gasteiger partial charge in [-0.1, -0.05) is 24.3 Å². The molecular formula is C28H30ClN5O4. The van der Waals surface area contributed by atoms with Crippen molar-refractivity contribution in [1.82, 2.24) is 19.9 Å². The predicted molar refractivity (Wildman–Crippen MR) is 147 cm³/mol. The van der Waals surface area contributed by atoms with Crippen molar-refractivity contribution in [3.8, 4) is 11.4 Å². The Hall–Kier alpha value is -3.95.